The van der Waals surface area contributed by atoms with Gasteiger partial charge in [-0.25, -0.2) is 0 Å². The summed E-state index contributed by atoms with van der Waals surface area (Å²) in [6.45, 7) is 7.13. The first kappa shape index (κ1) is 15.8. The molecule has 0 aliphatic carbocycles. The number of nitrogens with zero attached hydrogens (tertiary/aromatic N) is 3. The highest BCUT2D eigenvalue weighted by atomic mass is 16.3. The largest absolute Gasteiger partial charge is 0.460 e. The number of amides is 1. The molecule has 1 saturated heterocycles. The van der Waals surface area contributed by atoms with Crippen LogP contribution in [0, 0.1) is 6.92 Å². The quantitative estimate of drug-likeness (QED) is 0.882. The van der Waals surface area contributed by atoms with Crippen molar-refractivity contribution in [3.05, 3.63) is 29.7 Å². The van der Waals surface area contributed by atoms with Crippen LogP contribution in [0.5, 0.6) is 0 Å². The zero-order valence-electron chi connectivity index (χ0n) is 13.5. The van der Waals surface area contributed by atoms with Gasteiger partial charge in [0.25, 0.3) is 5.91 Å². The Kier molecular flexibility index (Phi) is 4.49. The minimum absolute atomic E-state index is 0.0764. The van der Waals surface area contributed by atoms with E-state index in [9.17, 15) is 9.90 Å². The maximum atomic E-state index is 12.5. The van der Waals surface area contributed by atoms with Crippen LogP contribution in [-0.4, -0.2) is 69.8 Å². The van der Waals surface area contributed by atoms with Crippen molar-refractivity contribution >= 4 is 5.91 Å². The summed E-state index contributed by atoms with van der Waals surface area (Å²) in [5.74, 6) is 1.42. The second-order valence-electron chi connectivity index (χ2n) is 6.02. The number of furan rings is 1. The van der Waals surface area contributed by atoms with Crippen molar-refractivity contribution in [3.8, 4) is 11.5 Å². The minimum Gasteiger partial charge on any atom is -0.460 e. The minimum atomic E-state index is -0.345. The Morgan fingerprint density at radius 3 is 2.74 bits per heavy atom. The maximum absolute atomic E-state index is 12.5. The fourth-order valence-electron chi connectivity index (χ4n) is 2.81. The summed E-state index contributed by atoms with van der Waals surface area (Å²) in [6.07, 6.45) is -0.345. The van der Waals surface area contributed by atoms with E-state index in [0.717, 1.165) is 18.8 Å². The Hall–Kier alpha value is -2.12. The van der Waals surface area contributed by atoms with Crippen LogP contribution in [0.25, 0.3) is 11.5 Å². The molecule has 0 spiro atoms. The molecular weight excluding hydrogens is 296 g/mol. The smallest absolute Gasteiger partial charge is 0.274 e. The van der Waals surface area contributed by atoms with Crippen molar-refractivity contribution < 1.29 is 14.3 Å². The van der Waals surface area contributed by atoms with Gasteiger partial charge in [0, 0.05) is 38.8 Å². The van der Waals surface area contributed by atoms with Crippen LogP contribution in [0.3, 0.4) is 0 Å². The number of aromatic amines is 1. The molecule has 3 rings (SSSR count). The number of β-amino-alcohol motifs (C(OH)–C–C–N with tert-alkyl or cyclic N) is 1. The highest BCUT2D eigenvalue weighted by Crippen LogP contribution is 2.21. The molecular formula is C16H22N4O3. The van der Waals surface area contributed by atoms with Crippen LogP contribution in [0.1, 0.15) is 23.2 Å². The number of aromatic nitrogens is 2. The van der Waals surface area contributed by atoms with Gasteiger partial charge >= 0.3 is 0 Å². The summed E-state index contributed by atoms with van der Waals surface area (Å²) in [5.41, 5.74) is 1.10. The molecule has 1 aliphatic heterocycles. The van der Waals surface area contributed by atoms with Gasteiger partial charge in [-0.05, 0) is 26.0 Å². The van der Waals surface area contributed by atoms with Gasteiger partial charge in [-0.2, -0.15) is 5.10 Å². The molecule has 2 aromatic rings. The third kappa shape index (κ3) is 3.62. The summed E-state index contributed by atoms with van der Waals surface area (Å²) in [6, 6.07) is 5.45. The number of aliphatic hydroxyl groups excluding tert-OH is 1. The second-order valence-corrected chi connectivity index (χ2v) is 6.02. The number of aryl methyl sites for hydroxylation is 1. The lowest BCUT2D eigenvalue weighted by Crippen LogP contribution is -2.50. The lowest BCUT2D eigenvalue weighted by molar-refractivity contribution is 0.0549. The average Bonchev–Trinajstić information content (AvgIpc) is 3.15. The summed E-state index contributed by atoms with van der Waals surface area (Å²) in [7, 11) is 0. The molecule has 7 heteroatoms. The SMILES string of the molecule is Cc1ccc(-c2cc(C(=O)N3CCN(CC(C)O)CC3)n[nH]2)o1. The number of hydrogen-bond acceptors (Lipinski definition) is 5. The third-order valence-electron chi connectivity index (χ3n) is 3.98. The highest BCUT2D eigenvalue weighted by molar-refractivity contribution is 5.93. The number of carbonyl (C=O) groups is 1. The van der Waals surface area contributed by atoms with Gasteiger partial charge in [0.1, 0.15) is 11.5 Å². The number of carbonyl (C=O) groups excluding carboxylic acids is 1. The van der Waals surface area contributed by atoms with Crippen molar-refractivity contribution in [1.82, 2.24) is 20.0 Å². The number of piperazine rings is 1. The summed E-state index contributed by atoms with van der Waals surface area (Å²) < 4.78 is 5.53. The van der Waals surface area contributed by atoms with Gasteiger partial charge in [0.2, 0.25) is 0 Å². The van der Waals surface area contributed by atoms with Crippen LogP contribution in [-0.2, 0) is 0 Å². The van der Waals surface area contributed by atoms with Gasteiger partial charge in [-0.3, -0.25) is 14.8 Å². The van der Waals surface area contributed by atoms with E-state index < -0.39 is 0 Å². The molecule has 7 nitrogen and oxygen atoms in total. The van der Waals surface area contributed by atoms with Crippen LogP contribution >= 0.6 is 0 Å². The number of hydrogen-bond donors (Lipinski definition) is 2. The van der Waals surface area contributed by atoms with Crippen molar-refractivity contribution in [2.45, 2.75) is 20.0 Å². The molecule has 23 heavy (non-hydrogen) atoms. The van der Waals surface area contributed by atoms with Crippen LogP contribution in [0.4, 0.5) is 0 Å². The molecule has 0 bridgehead atoms. The summed E-state index contributed by atoms with van der Waals surface area (Å²) in [5, 5.41) is 16.4. The van der Waals surface area contributed by atoms with E-state index in [4.69, 9.17) is 4.42 Å². The van der Waals surface area contributed by atoms with Crippen LogP contribution < -0.4 is 0 Å². The van der Waals surface area contributed by atoms with Crippen molar-refractivity contribution in [2.24, 2.45) is 0 Å². The Morgan fingerprint density at radius 1 is 1.39 bits per heavy atom. The molecule has 1 aliphatic rings. The average molecular weight is 318 g/mol. The molecule has 2 aromatic heterocycles. The first-order chi connectivity index (χ1) is 11.0. The van der Waals surface area contributed by atoms with E-state index >= 15 is 0 Å². The topological polar surface area (TPSA) is 85.6 Å². The lowest BCUT2D eigenvalue weighted by Gasteiger charge is -2.34. The number of H-pyrrole nitrogens is 1. The standard InChI is InChI=1S/C16H22N4O3/c1-11(21)10-19-5-7-20(8-6-19)16(22)14-9-13(17-18-14)15-4-3-12(2)23-15/h3-4,9,11,21H,5-8,10H2,1-2H3,(H,17,18). The molecule has 1 unspecified atom stereocenters. The van der Waals surface area contributed by atoms with Crippen LogP contribution in [0.2, 0.25) is 0 Å². The summed E-state index contributed by atoms with van der Waals surface area (Å²) in [4.78, 5) is 16.5. The first-order valence-corrected chi connectivity index (χ1v) is 7.85. The zero-order valence-corrected chi connectivity index (χ0v) is 13.5. The Morgan fingerprint density at radius 2 is 2.13 bits per heavy atom. The third-order valence-corrected chi connectivity index (χ3v) is 3.98. The predicted molar refractivity (Wildman–Crippen MR) is 85.1 cm³/mol. The van der Waals surface area contributed by atoms with Gasteiger partial charge in [-0.15, -0.1) is 0 Å². The Labute approximate surface area is 134 Å². The summed E-state index contributed by atoms with van der Waals surface area (Å²) >= 11 is 0. The molecule has 3 heterocycles. The van der Waals surface area contributed by atoms with Gasteiger partial charge in [-0.1, -0.05) is 0 Å². The Balaban J connectivity index is 1.62. The fraction of sp³-hybridized carbons (Fsp3) is 0.500. The van der Waals surface area contributed by atoms with Gasteiger partial charge in [0.15, 0.2) is 11.5 Å². The van der Waals surface area contributed by atoms with Crippen LogP contribution in [0.15, 0.2) is 22.6 Å². The van der Waals surface area contributed by atoms with E-state index in [2.05, 4.69) is 15.1 Å². The maximum Gasteiger partial charge on any atom is 0.274 e. The van der Waals surface area contributed by atoms with Crippen molar-refractivity contribution in [3.63, 3.8) is 0 Å². The predicted octanol–water partition coefficient (Wildman–Crippen LogP) is 1.12. The Bertz CT molecular complexity index is 668. The highest BCUT2D eigenvalue weighted by Gasteiger charge is 2.24. The molecule has 1 fully saturated rings. The molecule has 0 aromatic carbocycles. The van der Waals surface area contributed by atoms with Crippen molar-refractivity contribution in [2.75, 3.05) is 32.7 Å². The molecule has 1 amide bonds. The first-order valence-electron chi connectivity index (χ1n) is 7.85. The normalized spacial score (nSPS) is 17.4. The van der Waals surface area contributed by atoms with E-state index in [1.54, 1.807) is 17.9 Å². The van der Waals surface area contributed by atoms with E-state index in [1.807, 2.05) is 19.1 Å². The van der Waals surface area contributed by atoms with E-state index in [-0.39, 0.29) is 12.0 Å². The molecule has 0 saturated carbocycles. The van der Waals surface area contributed by atoms with E-state index in [1.165, 1.54) is 0 Å². The molecule has 1 atom stereocenters. The number of aliphatic hydroxyl groups is 1. The molecule has 2 N–H and O–H groups in total. The lowest BCUT2D eigenvalue weighted by atomic mass is 10.2. The molecule has 124 valence electrons. The van der Waals surface area contributed by atoms with Gasteiger partial charge < -0.3 is 14.4 Å². The zero-order chi connectivity index (χ0) is 16.4. The van der Waals surface area contributed by atoms with E-state index in [0.29, 0.717) is 36.8 Å². The van der Waals surface area contributed by atoms with Gasteiger partial charge in [0.05, 0.1) is 6.10 Å². The number of nitrogens with one attached hydrogen (secondary N) is 1. The number of rotatable bonds is 4. The van der Waals surface area contributed by atoms with Crippen molar-refractivity contribution in [1.29, 1.82) is 0 Å². The monoisotopic (exact) mass is 318 g/mol. The fourth-order valence-corrected chi connectivity index (χ4v) is 2.81. The second kappa shape index (κ2) is 6.55. The molecule has 0 radical (unpaired) electrons.